The molecule has 2 aromatic heterocycles. The number of carbonyl (C=O) groups is 1. The number of fused-ring (bicyclic) bond motifs is 1. The number of amides is 1. The third kappa shape index (κ3) is 3.51. The molecule has 1 aromatic carbocycles. The number of rotatable bonds is 5. The Labute approximate surface area is 145 Å². The molecule has 25 heavy (non-hydrogen) atoms. The standard InChI is InChI=1S/C18H20FN5O/c1-12-16(17-20-9-4-10-24(17)22-12)18(25)21-11-15(23(2)3)13-5-7-14(19)8-6-13/h4-10,15H,11H2,1-3H3,(H,21,25). The van der Waals surface area contributed by atoms with E-state index in [1.807, 2.05) is 19.0 Å². The maximum Gasteiger partial charge on any atom is 0.257 e. The Kier molecular flexibility index (Phi) is 4.76. The van der Waals surface area contributed by atoms with Gasteiger partial charge in [-0.15, -0.1) is 0 Å². The Morgan fingerprint density at radius 1 is 1.32 bits per heavy atom. The lowest BCUT2D eigenvalue weighted by Gasteiger charge is -2.25. The van der Waals surface area contributed by atoms with E-state index in [9.17, 15) is 9.18 Å². The van der Waals surface area contributed by atoms with Gasteiger partial charge < -0.3 is 10.2 Å². The molecular weight excluding hydrogens is 321 g/mol. The average molecular weight is 341 g/mol. The first-order valence-electron chi connectivity index (χ1n) is 7.97. The molecule has 0 aliphatic heterocycles. The van der Waals surface area contributed by atoms with Crippen molar-refractivity contribution in [3.63, 3.8) is 0 Å². The van der Waals surface area contributed by atoms with Gasteiger partial charge in [0.05, 0.1) is 11.7 Å². The van der Waals surface area contributed by atoms with Crippen molar-refractivity contribution in [2.45, 2.75) is 13.0 Å². The third-order valence-corrected chi connectivity index (χ3v) is 4.13. The molecule has 0 spiro atoms. The first-order chi connectivity index (χ1) is 12.0. The van der Waals surface area contributed by atoms with E-state index >= 15 is 0 Å². The van der Waals surface area contributed by atoms with Crippen LogP contribution >= 0.6 is 0 Å². The number of nitrogens with one attached hydrogen (secondary N) is 1. The monoisotopic (exact) mass is 341 g/mol. The van der Waals surface area contributed by atoms with Crippen molar-refractivity contribution in [2.24, 2.45) is 0 Å². The van der Waals surface area contributed by atoms with Gasteiger partial charge in [0.15, 0.2) is 5.65 Å². The maximum atomic E-state index is 13.1. The predicted molar refractivity (Wildman–Crippen MR) is 92.9 cm³/mol. The van der Waals surface area contributed by atoms with E-state index in [2.05, 4.69) is 15.4 Å². The van der Waals surface area contributed by atoms with E-state index in [0.717, 1.165) is 5.56 Å². The maximum absolute atomic E-state index is 13.1. The Hall–Kier alpha value is -2.80. The first kappa shape index (κ1) is 17.0. The number of benzene rings is 1. The lowest BCUT2D eigenvalue weighted by molar-refractivity contribution is 0.0942. The fourth-order valence-electron chi connectivity index (χ4n) is 2.82. The minimum absolute atomic E-state index is 0.0698. The van der Waals surface area contributed by atoms with Crippen LogP contribution in [0, 0.1) is 12.7 Å². The van der Waals surface area contributed by atoms with E-state index in [1.165, 1.54) is 12.1 Å². The van der Waals surface area contributed by atoms with Crippen LogP contribution in [-0.4, -0.2) is 46.0 Å². The molecule has 3 aromatic rings. The van der Waals surface area contributed by atoms with Gasteiger partial charge in [-0.25, -0.2) is 13.9 Å². The summed E-state index contributed by atoms with van der Waals surface area (Å²) in [7, 11) is 3.84. The quantitative estimate of drug-likeness (QED) is 0.773. The number of hydrogen-bond acceptors (Lipinski definition) is 4. The van der Waals surface area contributed by atoms with Crippen molar-refractivity contribution in [2.75, 3.05) is 20.6 Å². The summed E-state index contributed by atoms with van der Waals surface area (Å²) in [4.78, 5) is 18.9. The lowest BCUT2D eigenvalue weighted by Crippen LogP contribution is -2.34. The Bertz CT molecular complexity index is 888. The van der Waals surface area contributed by atoms with Crippen molar-refractivity contribution in [1.29, 1.82) is 0 Å². The van der Waals surface area contributed by atoms with Crippen molar-refractivity contribution in [3.05, 3.63) is 65.4 Å². The molecule has 0 saturated heterocycles. The summed E-state index contributed by atoms with van der Waals surface area (Å²) in [5.74, 6) is -0.501. The number of nitrogens with zero attached hydrogens (tertiary/aromatic N) is 4. The number of aromatic nitrogens is 3. The minimum Gasteiger partial charge on any atom is -0.350 e. The lowest BCUT2D eigenvalue weighted by atomic mass is 10.1. The molecule has 1 amide bonds. The Morgan fingerprint density at radius 2 is 2.04 bits per heavy atom. The minimum atomic E-state index is -0.279. The number of likely N-dealkylation sites (N-methyl/N-ethyl adjacent to an activating group) is 1. The van der Waals surface area contributed by atoms with Crippen LogP contribution in [0.4, 0.5) is 4.39 Å². The largest absolute Gasteiger partial charge is 0.350 e. The van der Waals surface area contributed by atoms with Crippen LogP contribution < -0.4 is 5.32 Å². The van der Waals surface area contributed by atoms with E-state index in [4.69, 9.17) is 0 Å². The first-order valence-corrected chi connectivity index (χ1v) is 7.97. The molecule has 0 saturated carbocycles. The Morgan fingerprint density at radius 3 is 2.72 bits per heavy atom. The number of halogens is 1. The van der Waals surface area contributed by atoms with Crippen molar-refractivity contribution >= 4 is 11.6 Å². The van der Waals surface area contributed by atoms with Gasteiger partial charge in [0.2, 0.25) is 0 Å². The van der Waals surface area contributed by atoms with Gasteiger partial charge in [0, 0.05) is 18.9 Å². The summed E-state index contributed by atoms with van der Waals surface area (Å²) in [5, 5.41) is 7.25. The molecule has 0 fully saturated rings. The van der Waals surface area contributed by atoms with Crippen LogP contribution in [0.2, 0.25) is 0 Å². The average Bonchev–Trinajstić information content (AvgIpc) is 2.92. The fourth-order valence-corrected chi connectivity index (χ4v) is 2.82. The van der Waals surface area contributed by atoms with Gasteiger partial charge >= 0.3 is 0 Å². The van der Waals surface area contributed by atoms with E-state index in [0.29, 0.717) is 23.4 Å². The molecule has 7 heteroatoms. The van der Waals surface area contributed by atoms with E-state index in [-0.39, 0.29) is 17.8 Å². The summed E-state index contributed by atoms with van der Waals surface area (Å²) in [6.07, 6.45) is 3.39. The second-order valence-corrected chi connectivity index (χ2v) is 6.09. The highest BCUT2D eigenvalue weighted by Gasteiger charge is 2.20. The topological polar surface area (TPSA) is 62.5 Å². The van der Waals surface area contributed by atoms with Gasteiger partial charge in [-0.05, 0) is 44.8 Å². The molecule has 0 bridgehead atoms. The van der Waals surface area contributed by atoms with E-state index < -0.39 is 0 Å². The summed E-state index contributed by atoms with van der Waals surface area (Å²) >= 11 is 0. The summed E-state index contributed by atoms with van der Waals surface area (Å²) in [5.41, 5.74) is 2.55. The molecule has 1 atom stereocenters. The summed E-state index contributed by atoms with van der Waals surface area (Å²) in [6.45, 7) is 2.17. The normalized spacial score (nSPS) is 12.5. The zero-order chi connectivity index (χ0) is 18.0. The molecule has 6 nitrogen and oxygen atoms in total. The Balaban J connectivity index is 1.79. The molecule has 0 aliphatic carbocycles. The molecule has 130 valence electrons. The molecule has 0 aliphatic rings. The van der Waals surface area contributed by atoms with Gasteiger partial charge in [-0.3, -0.25) is 4.79 Å². The fraction of sp³-hybridized carbons (Fsp3) is 0.278. The predicted octanol–water partition coefficient (Wildman–Crippen LogP) is 2.21. The highest BCUT2D eigenvalue weighted by atomic mass is 19.1. The summed E-state index contributed by atoms with van der Waals surface area (Å²) < 4.78 is 14.7. The highest BCUT2D eigenvalue weighted by Crippen LogP contribution is 2.19. The van der Waals surface area contributed by atoms with Crippen LogP contribution in [0.3, 0.4) is 0 Å². The van der Waals surface area contributed by atoms with Crippen LogP contribution in [0.25, 0.3) is 5.65 Å². The third-order valence-electron chi connectivity index (χ3n) is 4.13. The van der Waals surface area contributed by atoms with E-state index in [1.54, 1.807) is 42.0 Å². The smallest absolute Gasteiger partial charge is 0.257 e. The zero-order valence-electron chi connectivity index (χ0n) is 14.4. The summed E-state index contributed by atoms with van der Waals surface area (Å²) in [6, 6.07) is 8.00. The van der Waals surface area contributed by atoms with Crippen LogP contribution in [0.15, 0.2) is 42.7 Å². The number of carbonyl (C=O) groups excluding carboxylic acids is 1. The van der Waals surface area contributed by atoms with Crippen molar-refractivity contribution in [1.82, 2.24) is 24.8 Å². The molecule has 0 radical (unpaired) electrons. The second-order valence-electron chi connectivity index (χ2n) is 6.09. The molecule has 3 rings (SSSR count). The van der Waals surface area contributed by atoms with Crippen molar-refractivity contribution in [3.8, 4) is 0 Å². The van der Waals surface area contributed by atoms with Crippen LogP contribution in [0.1, 0.15) is 27.7 Å². The van der Waals surface area contributed by atoms with Gasteiger partial charge in [-0.1, -0.05) is 12.1 Å². The van der Waals surface area contributed by atoms with Gasteiger partial charge in [0.25, 0.3) is 5.91 Å². The SMILES string of the molecule is Cc1nn2cccnc2c1C(=O)NCC(c1ccc(F)cc1)N(C)C. The van der Waals surface area contributed by atoms with Crippen LogP contribution in [0.5, 0.6) is 0 Å². The molecule has 1 N–H and O–H groups in total. The van der Waals surface area contributed by atoms with Gasteiger partial charge in [-0.2, -0.15) is 5.10 Å². The van der Waals surface area contributed by atoms with Crippen molar-refractivity contribution < 1.29 is 9.18 Å². The number of hydrogen-bond donors (Lipinski definition) is 1. The second kappa shape index (κ2) is 6.98. The van der Waals surface area contributed by atoms with Gasteiger partial charge in [0.1, 0.15) is 11.4 Å². The van der Waals surface area contributed by atoms with Crippen LogP contribution in [-0.2, 0) is 0 Å². The molecule has 2 heterocycles. The highest BCUT2D eigenvalue weighted by molar-refractivity contribution is 6.00. The number of aryl methyl sites for hydroxylation is 1. The molecule has 1 unspecified atom stereocenters. The zero-order valence-corrected chi connectivity index (χ0v) is 14.4. The molecular formula is C18H20FN5O.